The minimum atomic E-state index is -0.242. The van der Waals surface area contributed by atoms with Crippen LogP contribution in [0.3, 0.4) is 0 Å². The van der Waals surface area contributed by atoms with Crippen molar-refractivity contribution in [3.63, 3.8) is 0 Å². The summed E-state index contributed by atoms with van der Waals surface area (Å²) >= 11 is 5.89. The van der Waals surface area contributed by atoms with E-state index in [2.05, 4.69) is 10.6 Å². The summed E-state index contributed by atoms with van der Waals surface area (Å²) in [5, 5.41) is 7.00. The Hall–Kier alpha value is -1.10. The summed E-state index contributed by atoms with van der Waals surface area (Å²) in [6.07, 6.45) is 0.0217. The third kappa shape index (κ3) is 6.00. The van der Waals surface area contributed by atoms with Crippen LogP contribution in [0.25, 0.3) is 0 Å². The molecule has 0 aliphatic carbocycles. The molecule has 1 aromatic rings. The Labute approximate surface area is 113 Å². The van der Waals surface area contributed by atoms with E-state index < -0.39 is 0 Å². The van der Waals surface area contributed by atoms with Crippen molar-refractivity contribution in [1.82, 2.24) is 10.6 Å². The van der Waals surface area contributed by atoms with Gasteiger partial charge < -0.3 is 4.74 Å². The standard InChI is InChI=1S/C13H19ClN2O2/c1-3-18-13(17)9-16-10(2)15-8-11-5-4-6-12(14)7-11/h4-7,10,15-16H,3,8-9H2,1-2H3. The summed E-state index contributed by atoms with van der Waals surface area (Å²) in [6.45, 7) is 5.04. The molecular weight excluding hydrogens is 252 g/mol. The van der Waals surface area contributed by atoms with Gasteiger partial charge in [0.2, 0.25) is 0 Å². The van der Waals surface area contributed by atoms with Gasteiger partial charge in [0.15, 0.2) is 0 Å². The van der Waals surface area contributed by atoms with E-state index >= 15 is 0 Å². The van der Waals surface area contributed by atoms with Gasteiger partial charge in [-0.05, 0) is 31.5 Å². The first-order valence-corrected chi connectivity index (χ1v) is 6.36. The van der Waals surface area contributed by atoms with Crippen LogP contribution in [0.15, 0.2) is 24.3 Å². The van der Waals surface area contributed by atoms with Crippen molar-refractivity contribution in [3.05, 3.63) is 34.9 Å². The molecule has 0 amide bonds. The van der Waals surface area contributed by atoms with Crippen molar-refractivity contribution < 1.29 is 9.53 Å². The van der Waals surface area contributed by atoms with Crippen LogP contribution in [0.4, 0.5) is 0 Å². The molecule has 5 heteroatoms. The molecule has 0 fully saturated rings. The highest BCUT2D eigenvalue weighted by Crippen LogP contribution is 2.10. The Kier molecular flexibility index (Phi) is 6.72. The minimum Gasteiger partial charge on any atom is -0.465 e. The number of esters is 1. The minimum absolute atomic E-state index is 0.0217. The van der Waals surface area contributed by atoms with Crippen molar-refractivity contribution in [2.75, 3.05) is 13.2 Å². The third-order valence-electron chi connectivity index (χ3n) is 2.36. The summed E-state index contributed by atoms with van der Waals surface area (Å²) in [4.78, 5) is 11.1. The first kappa shape index (κ1) is 15.0. The van der Waals surface area contributed by atoms with Crippen LogP contribution in [0, 0.1) is 0 Å². The zero-order chi connectivity index (χ0) is 13.4. The predicted molar refractivity (Wildman–Crippen MR) is 72.4 cm³/mol. The summed E-state index contributed by atoms with van der Waals surface area (Å²) in [5.41, 5.74) is 1.10. The van der Waals surface area contributed by atoms with Crippen LogP contribution >= 0.6 is 11.6 Å². The Morgan fingerprint density at radius 3 is 2.89 bits per heavy atom. The Bertz CT molecular complexity index is 385. The second kappa shape index (κ2) is 8.08. The molecule has 0 bridgehead atoms. The van der Waals surface area contributed by atoms with Gasteiger partial charge in [0.25, 0.3) is 0 Å². The molecule has 1 aromatic carbocycles. The predicted octanol–water partition coefficient (Wildman–Crippen LogP) is 1.93. The van der Waals surface area contributed by atoms with Crippen LogP contribution in [0.1, 0.15) is 19.4 Å². The smallest absolute Gasteiger partial charge is 0.319 e. The fourth-order valence-electron chi connectivity index (χ4n) is 1.44. The van der Waals surface area contributed by atoms with Gasteiger partial charge in [-0.2, -0.15) is 0 Å². The lowest BCUT2D eigenvalue weighted by Crippen LogP contribution is -2.42. The molecular formula is C13H19ClN2O2. The number of benzene rings is 1. The Balaban J connectivity index is 2.24. The van der Waals surface area contributed by atoms with E-state index in [1.54, 1.807) is 6.92 Å². The van der Waals surface area contributed by atoms with Gasteiger partial charge in [-0.1, -0.05) is 23.7 Å². The van der Waals surface area contributed by atoms with Gasteiger partial charge in [0.1, 0.15) is 0 Å². The maximum Gasteiger partial charge on any atom is 0.319 e. The van der Waals surface area contributed by atoms with Gasteiger partial charge >= 0.3 is 5.97 Å². The summed E-state index contributed by atoms with van der Waals surface area (Å²) in [7, 11) is 0. The maximum atomic E-state index is 11.1. The molecule has 1 atom stereocenters. The molecule has 0 saturated heterocycles. The van der Waals surface area contributed by atoms with Gasteiger partial charge in [-0.15, -0.1) is 0 Å². The lowest BCUT2D eigenvalue weighted by atomic mass is 10.2. The van der Waals surface area contributed by atoms with E-state index in [9.17, 15) is 4.79 Å². The van der Waals surface area contributed by atoms with Crippen molar-refractivity contribution in [2.24, 2.45) is 0 Å². The molecule has 1 unspecified atom stereocenters. The third-order valence-corrected chi connectivity index (χ3v) is 2.59. The van der Waals surface area contributed by atoms with Crippen LogP contribution in [0.2, 0.25) is 5.02 Å². The molecule has 0 aliphatic heterocycles. The van der Waals surface area contributed by atoms with Crippen LogP contribution < -0.4 is 10.6 Å². The summed E-state index contributed by atoms with van der Waals surface area (Å²) in [6, 6.07) is 7.66. The van der Waals surface area contributed by atoms with E-state index in [4.69, 9.17) is 16.3 Å². The Morgan fingerprint density at radius 1 is 1.44 bits per heavy atom. The average molecular weight is 271 g/mol. The zero-order valence-corrected chi connectivity index (χ0v) is 11.5. The molecule has 100 valence electrons. The number of hydrogen-bond acceptors (Lipinski definition) is 4. The van der Waals surface area contributed by atoms with Crippen molar-refractivity contribution in [3.8, 4) is 0 Å². The van der Waals surface area contributed by atoms with E-state index in [1.165, 1.54) is 0 Å². The van der Waals surface area contributed by atoms with Crippen molar-refractivity contribution in [2.45, 2.75) is 26.6 Å². The number of carbonyl (C=O) groups excluding carboxylic acids is 1. The van der Waals surface area contributed by atoms with Crippen molar-refractivity contribution >= 4 is 17.6 Å². The highest BCUT2D eigenvalue weighted by Gasteiger charge is 2.05. The van der Waals surface area contributed by atoms with Crippen molar-refractivity contribution in [1.29, 1.82) is 0 Å². The van der Waals surface area contributed by atoms with Gasteiger partial charge in [-0.25, -0.2) is 0 Å². The van der Waals surface area contributed by atoms with Gasteiger partial charge in [0, 0.05) is 11.6 Å². The normalized spacial score (nSPS) is 12.2. The number of rotatable bonds is 7. The zero-order valence-electron chi connectivity index (χ0n) is 10.7. The average Bonchev–Trinajstić information content (AvgIpc) is 2.34. The monoisotopic (exact) mass is 270 g/mol. The Morgan fingerprint density at radius 2 is 2.22 bits per heavy atom. The topological polar surface area (TPSA) is 50.4 Å². The van der Waals surface area contributed by atoms with Crippen LogP contribution in [0.5, 0.6) is 0 Å². The lowest BCUT2D eigenvalue weighted by Gasteiger charge is -2.15. The molecule has 1 rings (SSSR count). The first-order valence-electron chi connectivity index (χ1n) is 5.98. The molecule has 18 heavy (non-hydrogen) atoms. The molecule has 4 nitrogen and oxygen atoms in total. The highest BCUT2D eigenvalue weighted by molar-refractivity contribution is 6.30. The lowest BCUT2D eigenvalue weighted by molar-refractivity contribution is -0.142. The fourth-order valence-corrected chi connectivity index (χ4v) is 1.65. The molecule has 0 aliphatic rings. The number of ether oxygens (including phenoxy) is 1. The van der Waals surface area contributed by atoms with E-state index in [1.807, 2.05) is 31.2 Å². The van der Waals surface area contributed by atoms with Gasteiger partial charge in [0.05, 0.1) is 19.3 Å². The largest absolute Gasteiger partial charge is 0.465 e. The SMILES string of the molecule is CCOC(=O)CNC(C)NCc1cccc(Cl)c1. The van der Waals surface area contributed by atoms with Crippen LogP contribution in [-0.4, -0.2) is 25.3 Å². The van der Waals surface area contributed by atoms with E-state index in [-0.39, 0.29) is 18.7 Å². The van der Waals surface area contributed by atoms with Gasteiger partial charge in [-0.3, -0.25) is 15.4 Å². The molecule has 0 spiro atoms. The molecule has 2 N–H and O–H groups in total. The summed E-state index contributed by atoms with van der Waals surface area (Å²) in [5.74, 6) is -0.242. The summed E-state index contributed by atoms with van der Waals surface area (Å²) < 4.78 is 4.82. The molecule has 0 saturated carbocycles. The second-order valence-electron chi connectivity index (χ2n) is 3.92. The van der Waals surface area contributed by atoms with Crippen LogP contribution in [-0.2, 0) is 16.1 Å². The number of hydrogen-bond donors (Lipinski definition) is 2. The van der Waals surface area contributed by atoms with E-state index in [0.717, 1.165) is 10.6 Å². The quantitative estimate of drug-likeness (QED) is 0.587. The van der Waals surface area contributed by atoms with E-state index in [0.29, 0.717) is 13.2 Å². The maximum absolute atomic E-state index is 11.1. The molecule has 0 heterocycles. The number of nitrogens with one attached hydrogen (secondary N) is 2. The molecule has 0 radical (unpaired) electrons. The fraction of sp³-hybridized carbons (Fsp3) is 0.462. The number of carbonyl (C=O) groups is 1. The molecule has 0 aromatic heterocycles. The first-order chi connectivity index (χ1) is 8.61. The highest BCUT2D eigenvalue weighted by atomic mass is 35.5. The second-order valence-corrected chi connectivity index (χ2v) is 4.35. The number of halogens is 1.